The van der Waals surface area contributed by atoms with Crippen molar-refractivity contribution in [1.29, 1.82) is 0 Å². The van der Waals surface area contributed by atoms with Crippen LogP contribution in [0.4, 0.5) is 5.69 Å². The van der Waals surface area contributed by atoms with Gasteiger partial charge < -0.3 is 15.0 Å². The Morgan fingerprint density at radius 1 is 1.07 bits per heavy atom. The number of anilines is 1. The van der Waals surface area contributed by atoms with E-state index >= 15 is 0 Å². The molecule has 0 saturated heterocycles. The Morgan fingerprint density at radius 3 is 2.37 bits per heavy atom. The fourth-order valence-electron chi connectivity index (χ4n) is 2.32. The highest BCUT2D eigenvalue weighted by atomic mass is 32.2. The zero-order chi connectivity index (χ0) is 19.9. The number of nitrogens with one attached hydrogen (secondary N) is 2. The number of likely N-dealkylation sites (N-methyl/N-ethyl adjacent to an activating group) is 1. The molecule has 0 aromatic heterocycles. The minimum absolute atomic E-state index is 0.0682. The first-order chi connectivity index (χ1) is 12.8. The second-order valence-electron chi connectivity index (χ2n) is 6.12. The predicted octanol–water partition coefficient (Wildman–Crippen LogP) is 2.18. The summed E-state index contributed by atoms with van der Waals surface area (Å²) in [4.78, 5) is 14.1. The molecule has 2 rings (SSSR count). The molecule has 0 unspecified atom stereocenters. The zero-order valence-corrected chi connectivity index (χ0v) is 16.5. The summed E-state index contributed by atoms with van der Waals surface area (Å²) in [6.07, 6.45) is 0. The Bertz CT molecular complexity index is 865. The summed E-state index contributed by atoms with van der Waals surface area (Å²) in [7, 11) is 0.0451. The summed E-state index contributed by atoms with van der Waals surface area (Å²) in [6, 6.07) is 12.6. The average Bonchev–Trinajstić information content (AvgIpc) is 2.63. The predicted molar refractivity (Wildman–Crippen MR) is 106 cm³/mol. The molecule has 0 aliphatic rings. The number of carbonyl (C=O) groups excluding carboxylic acids is 1. The number of ether oxygens (including phenoxy) is 1. The van der Waals surface area contributed by atoms with Crippen molar-refractivity contribution in [3.63, 3.8) is 0 Å². The van der Waals surface area contributed by atoms with Crippen LogP contribution in [-0.2, 0) is 10.0 Å². The van der Waals surface area contributed by atoms with Crippen molar-refractivity contribution in [3.05, 3.63) is 54.1 Å². The molecule has 2 aromatic carbocycles. The van der Waals surface area contributed by atoms with Gasteiger partial charge in [0.05, 0.1) is 17.2 Å². The monoisotopic (exact) mass is 391 g/mol. The molecule has 0 saturated carbocycles. The smallest absolute Gasteiger partial charge is 0.262 e. The second-order valence-corrected chi connectivity index (χ2v) is 7.80. The van der Waals surface area contributed by atoms with Crippen molar-refractivity contribution in [2.24, 2.45) is 0 Å². The van der Waals surface area contributed by atoms with Crippen molar-refractivity contribution >= 4 is 21.6 Å². The molecule has 0 aliphatic heterocycles. The van der Waals surface area contributed by atoms with Gasteiger partial charge in [0.15, 0.2) is 0 Å². The standard InChI is InChI=1S/C19H25N3O4S/c1-4-26-18-8-6-5-7-17(18)21-27(24,25)16-11-9-15(10-12-16)19(23)20-13-14-22(2)3/h5-12,21H,4,13-14H2,1-3H3,(H,20,23). The maximum atomic E-state index is 12.6. The fourth-order valence-corrected chi connectivity index (χ4v) is 3.39. The van der Waals surface area contributed by atoms with Gasteiger partial charge in [0.25, 0.3) is 15.9 Å². The van der Waals surface area contributed by atoms with Crippen LogP contribution in [0, 0.1) is 0 Å². The molecule has 0 radical (unpaired) electrons. The third-order valence-electron chi connectivity index (χ3n) is 3.70. The SMILES string of the molecule is CCOc1ccccc1NS(=O)(=O)c1ccc(C(=O)NCCN(C)C)cc1. The van der Waals surface area contributed by atoms with Crippen LogP contribution in [0.2, 0.25) is 0 Å². The van der Waals surface area contributed by atoms with E-state index in [1.807, 2.05) is 25.9 Å². The number of hydrogen-bond donors (Lipinski definition) is 2. The topological polar surface area (TPSA) is 87.7 Å². The summed E-state index contributed by atoms with van der Waals surface area (Å²) >= 11 is 0. The van der Waals surface area contributed by atoms with Gasteiger partial charge in [-0.1, -0.05) is 12.1 Å². The Labute approximate surface area is 160 Å². The molecular weight excluding hydrogens is 366 g/mol. The first-order valence-electron chi connectivity index (χ1n) is 8.61. The number of benzene rings is 2. The molecule has 0 bridgehead atoms. The molecule has 0 atom stereocenters. The van der Waals surface area contributed by atoms with E-state index < -0.39 is 10.0 Å². The van der Waals surface area contributed by atoms with Crippen LogP contribution < -0.4 is 14.8 Å². The summed E-state index contributed by atoms with van der Waals surface area (Å²) < 4.78 is 33.2. The Balaban J connectivity index is 2.10. The van der Waals surface area contributed by atoms with Crippen LogP contribution in [0.25, 0.3) is 0 Å². The van der Waals surface area contributed by atoms with Crippen molar-refractivity contribution in [1.82, 2.24) is 10.2 Å². The molecule has 8 heteroatoms. The van der Waals surface area contributed by atoms with Crippen molar-refractivity contribution < 1.29 is 17.9 Å². The maximum Gasteiger partial charge on any atom is 0.262 e. The number of rotatable bonds is 9. The van der Waals surface area contributed by atoms with Crippen molar-refractivity contribution in [3.8, 4) is 5.75 Å². The molecule has 27 heavy (non-hydrogen) atoms. The molecule has 0 spiro atoms. The molecule has 0 fully saturated rings. The van der Waals surface area contributed by atoms with E-state index in [4.69, 9.17) is 4.74 Å². The Morgan fingerprint density at radius 2 is 1.74 bits per heavy atom. The van der Waals surface area contributed by atoms with Gasteiger partial charge in [-0.05, 0) is 57.4 Å². The fraction of sp³-hybridized carbons (Fsp3) is 0.316. The highest BCUT2D eigenvalue weighted by Crippen LogP contribution is 2.26. The van der Waals surface area contributed by atoms with Gasteiger partial charge >= 0.3 is 0 Å². The van der Waals surface area contributed by atoms with Gasteiger partial charge in [0.2, 0.25) is 0 Å². The summed E-state index contributed by atoms with van der Waals surface area (Å²) in [6.45, 7) is 3.49. The van der Waals surface area contributed by atoms with Crippen LogP contribution >= 0.6 is 0 Å². The molecule has 0 aliphatic carbocycles. The zero-order valence-electron chi connectivity index (χ0n) is 15.7. The Kier molecular flexibility index (Phi) is 7.20. The molecule has 0 heterocycles. The minimum atomic E-state index is -3.79. The van der Waals surface area contributed by atoms with Crippen LogP contribution in [0.5, 0.6) is 5.75 Å². The van der Waals surface area contributed by atoms with Gasteiger partial charge in [-0.15, -0.1) is 0 Å². The van der Waals surface area contributed by atoms with Crippen LogP contribution in [-0.4, -0.2) is 53.0 Å². The van der Waals surface area contributed by atoms with Gasteiger partial charge in [-0.3, -0.25) is 9.52 Å². The van der Waals surface area contributed by atoms with Gasteiger partial charge in [0.1, 0.15) is 5.75 Å². The maximum absolute atomic E-state index is 12.6. The quantitative estimate of drug-likeness (QED) is 0.684. The molecule has 146 valence electrons. The number of para-hydroxylation sites is 2. The Hall–Kier alpha value is -2.58. The number of amides is 1. The molecule has 1 amide bonds. The highest BCUT2D eigenvalue weighted by molar-refractivity contribution is 7.92. The number of sulfonamides is 1. The lowest BCUT2D eigenvalue weighted by Gasteiger charge is -2.13. The number of carbonyl (C=O) groups is 1. The average molecular weight is 391 g/mol. The molecule has 2 N–H and O–H groups in total. The lowest BCUT2D eigenvalue weighted by atomic mass is 10.2. The van der Waals surface area contributed by atoms with Crippen LogP contribution in [0.1, 0.15) is 17.3 Å². The third kappa shape index (κ3) is 5.97. The van der Waals surface area contributed by atoms with E-state index in [1.165, 1.54) is 24.3 Å². The van der Waals surface area contributed by atoms with E-state index in [2.05, 4.69) is 10.0 Å². The first kappa shape index (κ1) is 20.7. The minimum Gasteiger partial charge on any atom is -0.492 e. The summed E-state index contributed by atoms with van der Waals surface area (Å²) in [5.41, 5.74) is 0.771. The largest absolute Gasteiger partial charge is 0.492 e. The van der Waals surface area contributed by atoms with Crippen molar-refractivity contribution in [2.45, 2.75) is 11.8 Å². The highest BCUT2D eigenvalue weighted by Gasteiger charge is 2.17. The van der Waals surface area contributed by atoms with Gasteiger partial charge in [0, 0.05) is 18.7 Å². The van der Waals surface area contributed by atoms with E-state index in [9.17, 15) is 13.2 Å². The second kappa shape index (κ2) is 9.38. The van der Waals surface area contributed by atoms with Gasteiger partial charge in [-0.25, -0.2) is 8.42 Å². The molecule has 2 aromatic rings. The first-order valence-corrected chi connectivity index (χ1v) is 10.1. The summed E-state index contributed by atoms with van der Waals surface area (Å²) in [5.74, 6) is 0.218. The number of hydrogen-bond acceptors (Lipinski definition) is 5. The van der Waals surface area contributed by atoms with Crippen LogP contribution in [0.3, 0.4) is 0 Å². The lowest BCUT2D eigenvalue weighted by molar-refractivity contribution is 0.0951. The third-order valence-corrected chi connectivity index (χ3v) is 5.08. The van der Waals surface area contributed by atoms with Crippen molar-refractivity contribution in [2.75, 3.05) is 38.5 Å². The van der Waals surface area contributed by atoms with Gasteiger partial charge in [-0.2, -0.15) is 0 Å². The number of nitrogens with zero attached hydrogens (tertiary/aromatic N) is 1. The van der Waals surface area contributed by atoms with E-state index in [1.54, 1.807) is 24.3 Å². The lowest BCUT2D eigenvalue weighted by Crippen LogP contribution is -2.31. The van der Waals surface area contributed by atoms with Crippen LogP contribution in [0.15, 0.2) is 53.4 Å². The van der Waals surface area contributed by atoms with E-state index in [0.717, 1.165) is 6.54 Å². The molecular formula is C19H25N3O4S. The molecule has 7 nitrogen and oxygen atoms in total. The summed E-state index contributed by atoms with van der Waals surface area (Å²) in [5, 5.41) is 2.79. The van der Waals surface area contributed by atoms with E-state index in [0.29, 0.717) is 30.2 Å². The normalized spacial score (nSPS) is 11.3. The van der Waals surface area contributed by atoms with E-state index in [-0.39, 0.29) is 10.8 Å².